The van der Waals surface area contributed by atoms with Gasteiger partial charge in [-0.3, -0.25) is 24.6 Å². The summed E-state index contributed by atoms with van der Waals surface area (Å²) in [5, 5.41) is 13.7. The Balaban J connectivity index is 1.59. The average molecular weight is 480 g/mol. The molecule has 0 aliphatic carbocycles. The highest BCUT2D eigenvalue weighted by Crippen LogP contribution is 2.30. The van der Waals surface area contributed by atoms with Crippen LogP contribution in [0.2, 0.25) is 0 Å². The molecule has 9 nitrogen and oxygen atoms in total. The van der Waals surface area contributed by atoms with Crippen LogP contribution >= 0.6 is 0 Å². The van der Waals surface area contributed by atoms with Crippen molar-refractivity contribution in [3.05, 3.63) is 63.7 Å². The third kappa shape index (κ3) is 5.63. The predicted molar refractivity (Wildman–Crippen MR) is 117 cm³/mol. The Morgan fingerprint density at radius 2 is 1.71 bits per heavy atom. The number of piperazine rings is 1. The summed E-state index contributed by atoms with van der Waals surface area (Å²) in [6, 6.07) is 7.32. The molecule has 1 atom stereocenters. The Morgan fingerprint density at radius 1 is 1.09 bits per heavy atom. The first-order valence-electron chi connectivity index (χ1n) is 10.3. The number of amides is 2. The van der Waals surface area contributed by atoms with E-state index in [4.69, 9.17) is 4.74 Å². The van der Waals surface area contributed by atoms with E-state index in [2.05, 4.69) is 5.32 Å². The number of rotatable bonds is 6. The van der Waals surface area contributed by atoms with Crippen molar-refractivity contribution >= 4 is 23.2 Å². The molecule has 2 aromatic carbocycles. The normalized spacial score (nSPS) is 15.5. The number of hydrogen-bond donors (Lipinski definition) is 1. The number of nitrogens with one attached hydrogen (secondary N) is 1. The van der Waals surface area contributed by atoms with Crippen molar-refractivity contribution in [2.45, 2.75) is 19.1 Å². The summed E-state index contributed by atoms with van der Waals surface area (Å²) in [4.78, 5) is 39.2. The Hall–Kier alpha value is -3.67. The second kappa shape index (κ2) is 10.1. The lowest BCUT2D eigenvalue weighted by Gasteiger charge is -2.37. The Labute approximate surface area is 193 Å². The van der Waals surface area contributed by atoms with Gasteiger partial charge in [-0.2, -0.15) is 13.2 Å². The smallest absolute Gasteiger partial charge is 0.416 e. The summed E-state index contributed by atoms with van der Waals surface area (Å²) in [5.74, 6) is -0.508. The van der Waals surface area contributed by atoms with Crippen LogP contribution in [-0.2, 0) is 11.0 Å². The monoisotopic (exact) mass is 480 g/mol. The number of nitrogens with zero attached hydrogens (tertiary/aromatic N) is 3. The lowest BCUT2D eigenvalue weighted by atomic mass is 10.1. The topological polar surface area (TPSA) is 105 Å². The van der Waals surface area contributed by atoms with Crippen molar-refractivity contribution in [3.63, 3.8) is 0 Å². The Kier molecular flexibility index (Phi) is 7.40. The molecule has 1 unspecified atom stereocenters. The van der Waals surface area contributed by atoms with E-state index in [1.807, 2.05) is 4.90 Å². The first-order chi connectivity index (χ1) is 16.0. The summed E-state index contributed by atoms with van der Waals surface area (Å²) in [6.07, 6.45) is -4.47. The number of carbonyl (C=O) groups is 2. The van der Waals surface area contributed by atoms with E-state index in [0.29, 0.717) is 13.1 Å². The minimum Gasteiger partial charge on any atom is -0.495 e. The van der Waals surface area contributed by atoms with E-state index in [9.17, 15) is 32.9 Å². The largest absolute Gasteiger partial charge is 0.495 e. The molecule has 12 heteroatoms. The minimum atomic E-state index is -4.47. The third-order valence-electron chi connectivity index (χ3n) is 5.64. The van der Waals surface area contributed by atoms with Gasteiger partial charge >= 0.3 is 6.18 Å². The highest BCUT2D eigenvalue weighted by atomic mass is 19.4. The quantitative estimate of drug-likeness (QED) is 0.502. The third-order valence-corrected chi connectivity index (χ3v) is 5.64. The summed E-state index contributed by atoms with van der Waals surface area (Å²) in [6.45, 7) is 2.99. The van der Waals surface area contributed by atoms with Crippen LogP contribution in [0.3, 0.4) is 0 Å². The molecule has 1 aliphatic rings. The van der Waals surface area contributed by atoms with E-state index >= 15 is 0 Å². The van der Waals surface area contributed by atoms with E-state index in [-0.39, 0.29) is 41.7 Å². The van der Waals surface area contributed by atoms with Crippen LogP contribution in [0.1, 0.15) is 22.8 Å². The van der Waals surface area contributed by atoms with Gasteiger partial charge in [-0.15, -0.1) is 0 Å². The number of methoxy groups -OCH3 is 1. The first kappa shape index (κ1) is 25.0. The van der Waals surface area contributed by atoms with Gasteiger partial charge in [-0.25, -0.2) is 0 Å². The van der Waals surface area contributed by atoms with Gasteiger partial charge in [0.25, 0.3) is 11.6 Å². The van der Waals surface area contributed by atoms with Gasteiger partial charge in [0.05, 0.1) is 29.3 Å². The molecule has 1 N–H and O–H groups in total. The van der Waals surface area contributed by atoms with E-state index < -0.39 is 28.6 Å². The zero-order valence-electron chi connectivity index (χ0n) is 18.5. The lowest BCUT2D eigenvalue weighted by Crippen LogP contribution is -2.54. The average Bonchev–Trinajstić information content (AvgIpc) is 2.82. The van der Waals surface area contributed by atoms with Gasteiger partial charge in [0.15, 0.2) is 0 Å². The van der Waals surface area contributed by atoms with Crippen molar-refractivity contribution in [1.82, 2.24) is 9.80 Å². The first-order valence-corrected chi connectivity index (χ1v) is 10.3. The number of alkyl halides is 3. The second-order valence-electron chi connectivity index (χ2n) is 7.71. The molecule has 3 rings (SSSR count). The molecular weight excluding hydrogens is 457 g/mol. The van der Waals surface area contributed by atoms with Crippen LogP contribution in [0, 0.1) is 10.1 Å². The van der Waals surface area contributed by atoms with Crippen LogP contribution in [0.4, 0.5) is 24.5 Å². The van der Waals surface area contributed by atoms with Crippen molar-refractivity contribution in [3.8, 4) is 5.75 Å². The molecule has 1 aliphatic heterocycles. The molecule has 2 aromatic rings. The molecule has 1 fully saturated rings. The lowest BCUT2D eigenvalue weighted by molar-refractivity contribution is -0.384. The minimum absolute atomic E-state index is 0.157. The van der Waals surface area contributed by atoms with Gasteiger partial charge in [0.1, 0.15) is 5.75 Å². The Morgan fingerprint density at radius 3 is 2.24 bits per heavy atom. The summed E-state index contributed by atoms with van der Waals surface area (Å²) in [5.41, 5.74) is -0.692. The predicted octanol–water partition coefficient (Wildman–Crippen LogP) is 3.41. The molecule has 0 aromatic heterocycles. The van der Waals surface area contributed by atoms with Gasteiger partial charge in [-0.05, 0) is 37.3 Å². The van der Waals surface area contributed by atoms with Gasteiger partial charge in [0, 0.05) is 43.9 Å². The molecule has 34 heavy (non-hydrogen) atoms. The van der Waals surface area contributed by atoms with Crippen molar-refractivity contribution < 1.29 is 32.4 Å². The van der Waals surface area contributed by atoms with Crippen molar-refractivity contribution in [2.75, 3.05) is 38.6 Å². The van der Waals surface area contributed by atoms with E-state index in [1.54, 1.807) is 6.92 Å². The van der Waals surface area contributed by atoms with Gasteiger partial charge in [0.2, 0.25) is 5.91 Å². The number of hydrogen-bond acceptors (Lipinski definition) is 6. The van der Waals surface area contributed by atoms with Crippen LogP contribution < -0.4 is 10.1 Å². The molecule has 0 spiro atoms. The molecule has 182 valence electrons. The fourth-order valence-electron chi connectivity index (χ4n) is 3.61. The molecule has 1 saturated heterocycles. The van der Waals surface area contributed by atoms with E-state index in [1.165, 1.54) is 30.2 Å². The second-order valence-corrected chi connectivity index (χ2v) is 7.71. The number of nitro benzene ring substituents is 1. The molecule has 1 heterocycles. The summed E-state index contributed by atoms with van der Waals surface area (Å²) < 4.78 is 43.3. The molecule has 0 bridgehead atoms. The fourth-order valence-corrected chi connectivity index (χ4v) is 3.61. The summed E-state index contributed by atoms with van der Waals surface area (Å²) >= 11 is 0. The number of benzene rings is 2. The molecule has 2 amide bonds. The number of halogens is 3. The number of carbonyl (C=O) groups excluding carboxylic acids is 2. The van der Waals surface area contributed by atoms with Gasteiger partial charge < -0.3 is 15.0 Å². The maximum Gasteiger partial charge on any atom is 0.416 e. The molecular formula is C22H23F3N4O5. The van der Waals surface area contributed by atoms with Gasteiger partial charge in [-0.1, -0.05) is 0 Å². The number of anilines is 1. The number of ether oxygens (including phenoxy) is 1. The van der Waals surface area contributed by atoms with Crippen LogP contribution in [0.25, 0.3) is 0 Å². The van der Waals surface area contributed by atoms with Crippen LogP contribution in [0.15, 0.2) is 42.5 Å². The maximum atomic E-state index is 12.8. The highest BCUT2D eigenvalue weighted by molar-refractivity contribution is 5.96. The zero-order valence-corrected chi connectivity index (χ0v) is 18.5. The Bertz CT molecular complexity index is 1070. The van der Waals surface area contributed by atoms with Crippen molar-refractivity contribution in [2.24, 2.45) is 0 Å². The maximum absolute atomic E-state index is 12.8. The standard InChI is InChI=1S/C22H23F3N4O5/c1-14(20(30)26-18-13-17(29(32)33)7-8-19(18)34-2)27-9-11-28(12-10-27)21(31)15-3-5-16(6-4-15)22(23,24)25/h3-8,13-14H,9-12H2,1-2H3,(H,26,30). The zero-order chi connectivity index (χ0) is 25.0. The van der Waals surface area contributed by atoms with Crippen molar-refractivity contribution in [1.29, 1.82) is 0 Å². The number of non-ortho nitro benzene ring substituents is 1. The molecule has 0 radical (unpaired) electrons. The van der Waals surface area contributed by atoms with E-state index in [0.717, 1.165) is 24.3 Å². The molecule has 0 saturated carbocycles. The van der Waals surface area contributed by atoms with Crippen LogP contribution in [-0.4, -0.2) is 65.9 Å². The summed E-state index contributed by atoms with van der Waals surface area (Å²) in [7, 11) is 1.38. The number of nitro groups is 1. The van der Waals surface area contributed by atoms with Crippen LogP contribution in [0.5, 0.6) is 5.75 Å². The fraction of sp³-hybridized carbons (Fsp3) is 0.364. The SMILES string of the molecule is COc1ccc([N+](=O)[O-])cc1NC(=O)C(C)N1CCN(C(=O)c2ccc(C(F)(F)F)cc2)CC1. The highest BCUT2D eigenvalue weighted by Gasteiger charge is 2.31.